The van der Waals surface area contributed by atoms with E-state index in [2.05, 4.69) is 10.1 Å². The highest BCUT2D eigenvalue weighted by Gasteiger charge is 2.11. The van der Waals surface area contributed by atoms with Crippen LogP contribution in [0.2, 0.25) is 5.02 Å². The predicted octanol–water partition coefficient (Wildman–Crippen LogP) is 3.88. The van der Waals surface area contributed by atoms with Crippen LogP contribution in [0, 0.1) is 5.82 Å². The molecule has 0 fully saturated rings. The maximum Gasteiger partial charge on any atom is 0.339 e. The van der Waals surface area contributed by atoms with Crippen molar-refractivity contribution in [1.82, 2.24) is 0 Å². The van der Waals surface area contributed by atoms with Crippen LogP contribution in [0.5, 0.6) is 0 Å². The number of carbonyl (C=O) groups excluding carboxylic acids is 1. The Bertz CT molecular complexity index is 614. The molecule has 5 heteroatoms. The van der Waals surface area contributed by atoms with Gasteiger partial charge in [0.05, 0.1) is 17.7 Å². The molecular formula is C15H13ClFNO2. The van der Waals surface area contributed by atoms with E-state index < -0.39 is 5.97 Å². The van der Waals surface area contributed by atoms with Crippen molar-refractivity contribution >= 4 is 23.3 Å². The first-order valence-electron chi connectivity index (χ1n) is 5.96. The Hall–Kier alpha value is -2.07. The quantitative estimate of drug-likeness (QED) is 0.870. The summed E-state index contributed by atoms with van der Waals surface area (Å²) >= 11 is 5.93. The number of halogens is 2. The van der Waals surface area contributed by atoms with Crippen molar-refractivity contribution in [2.24, 2.45) is 0 Å². The van der Waals surface area contributed by atoms with E-state index in [0.29, 0.717) is 17.1 Å². The average Bonchev–Trinajstić information content (AvgIpc) is 2.47. The van der Waals surface area contributed by atoms with Crippen LogP contribution >= 0.6 is 11.6 Å². The standard InChI is InChI=1S/C15H13ClFNO2/c1-20-15(19)13-8-12(6-7-14(13)16)18-9-10-2-4-11(17)5-3-10/h2-8,18H,9H2,1H3. The first-order valence-corrected chi connectivity index (χ1v) is 6.34. The molecule has 2 aromatic rings. The third-order valence-corrected chi connectivity index (χ3v) is 3.11. The lowest BCUT2D eigenvalue weighted by Crippen LogP contribution is -2.05. The number of carbonyl (C=O) groups is 1. The van der Waals surface area contributed by atoms with Crippen LogP contribution in [0.3, 0.4) is 0 Å². The molecule has 0 saturated heterocycles. The Morgan fingerprint density at radius 3 is 2.60 bits per heavy atom. The zero-order valence-corrected chi connectivity index (χ0v) is 11.6. The molecular weight excluding hydrogens is 281 g/mol. The third-order valence-electron chi connectivity index (χ3n) is 2.78. The monoisotopic (exact) mass is 293 g/mol. The second kappa shape index (κ2) is 6.39. The van der Waals surface area contributed by atoms with Crippen LogP contribution in [0.25, 0.3) is 0 Å². The predicted molar refractivity (Wildman–Crippen MR) is 76.5 cm³/mol. The Morgan fingerprint density at radius 2 is 1.95 bits per heavy atom. The third kappa shape index (κ3) is 3.48. The SMILES string of the molecule is COC(=O)c1cc(NCc2ccc(F)cc2)ccc1Cl. The smallest absolute Gasteiger partial charge is 0.339 e. The van der Waals surface area contributed by atoms with E-state index in [4.69, 9.17) is 11.6 Å². The summed E-state index contributed by atoms with van der Waals surface area (Å²) in [6, 6.07) is 11.2. The lowest BCUT2D eigenvalue weighted by Gasteiger charge is -2.09. The van der Waals surface area contributed by atoms with Crippen molar-refractivity contribution in [3.05, 3.63) is 64.4 Å². The van der Waals surface area contributed by atoms with Gasteiger partial charge in [-0.25, -0.2) is 9.18 Å². The largest absolute Gasteiger partial charge is 0.465 e. The molecule has 0 heterocycles. The van der Waals surface area contributed by atoms with Gasteiger partial charge in [0.15, 0.2) is 0 Å². The molecule has 0 aliphatic heterocycles. The van der Waals surface area contributed by atoms with Gasteiger partial charge in [0, 0.05) is 12.2 Å². The fourth-order valence-corrected chi connectivity index (χ4v) is 1.90. The van der Waals surface area contributed by atoms with Crippen LogP contribution in [-0.4, -0.2) is 13.1 Å². The summed E-state index contributed by atoms with van der Waals surface area (Å²) in [6.07, 6.45) is 0. The molecule has 0 spiro atoms. The van der Waals surface area contributed by atoms with Gasteiger partial charge in [-0.1, -0.05) is 23.7 Å². The maximum atomic E-state index is 12.8. The highest BCUT2D eigenvalue weighted by atomic mass is 35.5. The Balaban J connectivity index is 2.10. The van der Waals surface area contributed by atoms with Crippen LogP contribution < -0.4 is 5.32 Å². The molecule has 104 valence electrons. The Morgan fingerprint density at radius 1 is 1.25 bits per heavy atom. The number of ether oxygens (including phenoxy) is 1. The maximum absolute atomic E-state index is 12.8. The summed E-state index contributed by atoms with van der Waals surface area (Å²) in [5.74, 6) is -0.756. The van der Waals surface area contributed by atoms with Gasteiger partial charge in [-0.3, -0.25) is 0 Å². The summed E-state index contributed by atoms with van der Waals surface area (Å²) < 4.78 is 17.4. The fourth-order valence-electron chi connectivity index (χ4n) is 1.71. The van der Waals surface area contributed by atoms with E-state index in [-0.39, 0.29) is 5.82 Å². The van der Waals surface area contributed by atoms with Crippen molar-refractivity contribution in [1.29, 1.82) is 0 Å². The second-order valence-corrected chi connectivity index (χ2v) is 4.57. The summed E-state index contributed by atoms with van der Waals surface area (Å²) in [4.78, 5) is 11.5. The molecule has 1 N–H and O–H groups in total. The molecule has 0 unspecified atom stereocenters. The number of methoxy groups -OCH3 is 1. The average molecular weight is 294 g/mol. The van der Waals surface area contributed by atoms with E-state index in [1.807, 2.05) is 0 Å². The topological polar surface area (TPSA) is 38.3 Å². The second-order valence-electron chi connectivity index (χ2n) is 4.17. The molecule has 3 nitrogen and oxygen atoms in total. The Labute approximate surface area is 121 Å². The summed E-state index contributed by atoms with van der Waals surface area (Å²) in [6.45, 7) is 0.516. The molecule has 20 heavy (non-hydrogen) atoms. The molecule has 0 aliphatic carbocycles. The molecule has 2 aromatic carbocycles. The minimum Gasteiger partial charge on any atom is -0.465 e. The van der Waals surface area contributed by atoms with Gasteiger partial charge < -0.3 is 10.1 Å². The highest BCUT2D eigenvalue weighted by Crippen LogP contribution is 2.21. The van der Waals surface area contributed by atoms with Crippen LogP contribution in [0.15, 0.2) is 42.5 Å². The summed E-state index contributed by atoms with van der Waals surface area (Å²) in [5, 5.41) is 3.48. The molecule has 0 saturated carbocycles. The number of benzene rings is 2. The van der Waals surface area contributed by atoms with Crippen molar-refractivity contribution < 1.29 is 13.9 Å². The van der Waals surface area contributed by atoms with Crippen LogP contribution in [0.4, 0.5) is 10.1 Å². The number of anilines is 1. The summed E-state index contributed by atoms with van der Waals surface area (Å²) in [7, 11) is 1.30. The van der Waals surface area contributed by atoms with Gasteiger partial charge in [0.25, 0.3) is 0 Å². The van der Waals surface area contributed by atoms with E-state index in [0.717, 1.165) is 11.3 Å². The van der Waals surface area contributed by atoms with E-state index in [1.165, 1.54) is 19.2 Å². The van der Waals surface area contributed by atoms with Crippen molar-refractivity contribution in [3.63, 3.8) is 0 Å². The first-order chi connectivity index (χ1) is 9.60. The highest BCUT2D eigenvalue weighted by molar-refractivity contribution is 6.33. The number of rotatable bonds is 4. The van der Waals surface area contributed by atoms with Gasteiger partial charge >= 0.3 is 5.97 Å². The fraction of sp³-hybridized carbons (Fsp3) is 0.133. The van der Waals surface area contributed by atoms with E-state index in [1.54, 1.807) is 30.3 Å². The van der Waals surface area contributed by atoms with Gasteiger partial charge in [0.2, 0.25) is 0 Å². The van der Waals surface area contributed by atoms with Gasteiger partial charge in [-0.2, -0.15) is 0 Å². The van der Waals surface area contributed by atoms with Crippen LogP contribution in [0.1, 0.15) is 15.9 Å². The van der Waals surface area contributed by atoms with Crippen molar-refractivity contribution in [2.75, 3.05) is 12.4 Å². The lowest BCUT2D eigenvalue weighted by molar-refractivity contribution is 0.0601. The van der Waals surface area contributed by atoms with Gasteiger partial charge in [-0.05, 0) is 35.9 Å². The number of esters is 1. The normalized spacial score (nSPS) is 10.2. The number of hydrogen-bond donors (Lipinski definition) is 1. The summed E-state index contributed by atoms with van der Waals surface area (Å²) in [5.41, 5.74) is 1.97. The molecule has 0 aromatic heterocycles. The minimum absolute atomic E-state index is 0.270. The molecule has 0 bridgehead atoms. The number of nitrogens with one attached hydrogen (secondary N) is 1. The van der Waals surface area contributed by atoms with E-state index in [9.17, 15) is 9.18 Å². The zero-order valence-electron chi connectivity index (χ0n) is 10.8. The molecule has 2 rings (SSSR count). The minimum atomic E-state index is -0.486. The lowest BCUT2D eigenvalue weighted by atomic mass is 10.2. The van der Waals surface area contributed by atoms with Crippen molar-refractivity contribution in [2.45, 2.75) is 6.54 Å². The van der Waals surface area contributed by atoms with Crippen LogP contribution in [-0.2, 0) is 11.3 Å². The molecule has 0 radical (unpaired) electrons. The molecule has 0 aliphatic rings. The molecule has 0 amide bonds. The van der Waals surface area contributed by atoms with Gasteiger partial charge in [0.1, 0.15) is 5.82 Å². The van der Waals surface area contributed by atoms with Crippen molar-refractivity contribution in [3.8, 4) is 0 Å². The van der Waals surface area contributed by atoms with E-state index >= 15 is 0 Å². The molecule has 0 atom stereocenters. The zero-order chi connectivity index (χ0) is 14.5. The first kappa shape index (κ1) is 14.3. The number of hydrogen-bond acceptors (Lipinski definition) is 3. The Kier molecular flexibility index (Phi) is 4.58. The van der Waals surface area contributed by atoms with Gasteiger partial charge in [-0.15, -0.1) is 0 Å².